The monoisotopic (exact) mass is 496 g/mol. The van der Waals surface area contributed by atoms with Gasteiger partial charge in [-0.2, -0.15) is 5.26 Å². The Morgan fingerprint density at radius 1 is 1.06 bits per heavy atom. The van der Waals surface area contributed by atoms with E-state index in [1.165, 1.54) is 6.07 Å². The van der Waals surface area contributed by atoms with Crippen LogP contribution in [0.15, 0.2) is 70.0 Å². The van der Waals surface area contributed by atoms with E-state index in [0.29, 0.717) is 16.7 Å². The molecule has 0 bridgehead atoms. The van der Waals surface area contributed by atoms with E-state index in [9.17, 15) is 23.3 Å². The van der Waals surface area contributed by atoms with Crippen LogP contribution in [0.2, 0.25) is 0 Å². The summed E-state index contributed by atoms with van der Waals surface area (Å²) in [5.74, 6) is -3.26. The summed E-state index contributed by atoms with van der Waals surface area (Å²) in [6, 6.07) is 13.4. The van der Waals surface area contributed by atoms with Gasteiger partial charge in [0.25, 0.3) is 0 Å². The molecule has 0 spiro atoms. The summed E-state index contributed by atoms with van der Waals surface area (Å²) in [5.41, 5.74) is 7.08. The number of hydrogen-bond acceptors (Lipinski definition) is 9. The Bertz CT molecular complexity index is 1420. The standard InChI is InChI=1S/C24H24N4O6S/c1-13-10-14(2)20(17(11-13)35(27,31)32)28-21(24(30)34-4)19(23(29)33-3)18(16(12-25)22(28)26)15-8-6-5-7-9-15/h5-11,18H,26H2,1-4H3,(H2,27,31,32). The average molecular weight is 497 g/mol. The van der Waals surface area contributed by atoms with Crippen LogP contribution >= 0.6 is 0 Å². The number of nitriles is 1. The first-order valence-electron chi connectivity index (χ1n) is 10.3. The van der Waals surface area contributed by atoms with Crippen LogP contribution in [0.4, 0.5) is 5.69 Å². The number of hydrogen-bond donors (Lipinski definition) is 2. The van der Waals surface area contributed by atoms with E-state index in [1.54, 1.807) is 50.2 Å². The Kier molecular flexibility index (Phi) is 7.00. The van der Waals surface area contributed by atoms with Crippen molar-refractivity contribution < 1.29 is 27.5 Å². The van der Waals surface area contributed by atoms with Gasteiger partial charge in [0, 0.05) is 0 Å². The Morgan fingerprint density at radius 3 is 2.17 bits per heavy atom. The second-order valence-corrected chi connectivity index (χ2v) is 9.34. The molecular weight excluding hydrogens is 472 g/mol. The number of methoxy groups -OCH3 is 2. The molecule has 1 aliphatic heterocycles. The summed E-state index contributed by atoms with van der Waals surface area (Å²) in [5, 5.41) is 15.6. The number of primary sulfonamides is 1. The molecule has 2 aromatic carbocycles. The number of anilines is 1. The molecule has 0 fully saturated rings. The molecule has 3 rings (SSSR count). The van der Waals surface area contributed by atoms with Crippen LogP contribution in [0.5, 0.6) is 0 Å². The van der Waals surface area contributed by atoms with Crippen LogP contribution in [0.3, 0.4) is 0 Å². The zero-order valence-corrected chi connectivity index (χ0v) is 20.3. The zero-order chi connectivity index (χ0) is 26.1. The number of benzene rings is 2. The first-order chi connectivity index (χ1) is 16.5. The fourth-order valence-corrected chi connectivity index (χ4v) is 5.04. The zero-order valence-electron chi connectivity index (χ0n) is 19.5. The topological polar surface area (TPSA) is 166 Å². The summed E-state index contributed by atoms with van der Waals surface area (Å²) in [4.78, 5) is 27.0. The molecule has 0 amide bonds. The van der Waals surface area contributed by atoms with Crippen molar-refractivity contribution in [1.82, 2.24) is 0 Å². The summed E-state index contributed by atoms with van der Waals surface area (Å²) >= 11 is 0. The van der Waals surface area contributed by atoms with E-state index in [4.69, 9.17) is 20.3 Å². The van der Waals surface area contributed by atoms with Gasteiger partial charge in [0.1, 0.15) is 16.4 Å². The Hall–Kier alpha value is -4.14. The van der Waals surface area contributed by atoms with Crippen molar-refractivity contribution in [3.05, 3.63) is 81.8 Å². The number of carbonyl (C=O) groups is 2. The van der Waals surface area contributed by atoms with E-state index in [1.807, 2.05) is 6.07 Å². The van der Waals surface area contributed by atoms with Crippen molar-refractivity contribution in [2.24, 2.45) is 10.9 Å². The molecule has 0 saturated carbocycles. The Balaban J connectivity index is 2.56. The van der Waals surface area contributed by atoms with Crippen molar-refractivity contribution in [2.75, 3.05) is 19.1 Å². The highest BCUT2D eigenvalue weighted by Gasteiger charge is 2.44. The number of carbonyl (C=O) groups excluding carboxylic acids is 2. The normalized spacial score (nSPS) is 16.1. The van der Waals surface area contributed by atoms with E-state index >= 15 is 0 Å². The van der Waals surface area contributed by atoms with E-state index in [-0.39, 0.29) is 33.2 Å². The molecule has 0 saturated heterocycles. The van der Waals surface area contributed by atoms with Gasteiger partial charge < -0.3 is 15.2 Å². The smallest absolute Gasteiger partial charge is 0.355 e. The van der Waals surface area contributed by atoms with Crippen LogP contribution < -0.4 is 15.8 Å². The minimum Gasteiger partial charge on any atom is -0.466 e. The van der Waals surface area contributed by atoms with Gasteiger partial charge in [-0.1, -0.05) is 36.4 Å². The van der Waals surface area contributed by atoms with Gasteiger partial charge in [-0.3, -0.25) is 4.90 Å². The van der Waals surface area contributed by atoms with E-state index in [0.717, 1.165) is 19.1 Å². The van der Waals surface area contributed by atoms with Crippen LogP contribution in [0.1, 0.15) is 22.6 Å². The van der Waals surface area contributed by atoms with Crippen molar-refractivity contribution in [2.45, 2.75) is 24.7 Å². The highest BCUT2D eigenvalue weighted by Crippen LogP contribution is 2.45. The van der Waals surface area contributed by atoms with Crippen LogP contribution in [0.25, 0.3) is 0 Å². The van der Waals surface area contributed by atoms with E-state index in [2.05, 4.69) is 0 Å². The third kappa shape index (κ3) is 4.49. The minimum atomic E-state index is -4.33. The molecule has 1 atom stereocenters. The first-order valence-corrected chi connectivity index (χ1v) is 11.8. The van der Waals surface area contributed by atoms with Crippen molar-refractivity contribution in [3.63, 3.8) is 0 Å². The van der Waals surface area contributed by atoms with Crippen LogP contribution in [0, 0.1) is 25.2 Å². The van der Waals surface area contributed by atoms with Gasteiger partial charge in [-0.25, -0.2) is 23.1 Å². The van der Waals surface area contributed by atoms with Crippen LogP contribution in [-0.2, 0) is 29.1 Å². The fraction of sp³-hybridized carbons (Fsp3) is 0.208. The summed E-state index contributed by atoms with van der Waals surface area (Å²) < 4.78 is 35.1. The third-order valence-corrected chi connectivity index (χ3v) is 6.47. The number of nitrogens with zero attached hydrogens (tertiary/aromatic N) is 2. The summed E-state index contributed by atoms with van der Waals surface area (Å²) in [6.07, 6.45) is 0. The number of allylic oxidation sites excluding steroid dienone is 1. The highest BCUT2D eigenvalue weighted by molar-refractivity contribution is 7.89. The maximum absolute atomic E-state index is 13.2. The van der Waals surface area contributed by atoms with Gasteiger partial charge in [-0.15, -0.1) is 0 Å². The number of ether oxygens (including phenoxy) is 2. The molecule has 1 unspecified atom stereocenters. The summed E-state index contributed by atoms with van der Waals surface area (Å²) in [7, 11) is -2.11. The van der Waals surface area contributed by atoms with Crippen LogP contribution in [-0.4, -0.2) is 34.6 Å². The van der Waals surface area contributed by atoms with Crippen molar-refractivity contribution in [1.29, 1.82) is 5.26 Å². The fourth-order valence-electron chi connectivity index (χ4n) is 4.17. The Morgan fingerprint density at radius 2 is 1.66 bits per heavy atom. The average Bonchev–Trinajstić information content (AvgIpc) is 2.82. The van der Waals surface area contributed by atoms with E-state index < -0.39 is 27.9 Å². The molecule has 4 N–H and O–H groups in total. The maximum atomic E-state index is 13.2. The molecule has 1 heterocycles. The molecule has 0 aromatic heterocycles. The number of aryl methyl sites for hydroxylation is 2. The molecule has 11 heteroatoms. The van der Waals surface area contributed by atoms with Gasteiger partial charge >= 0.3 is 11.9 Å². The molecule has 0 radical (unpaired) electrons. The first kappa shape index (κ1) is 25.5. The molecule has 0 aliphatic carbocycles. The second kappa shape index (κ2) is 9.61. The SMILES string of the molecule is COC(=O)C1=C(C(=O)OC)N(c2c(C)cc(C)cc2S(N)(=O)=O)C(N)=C(C#N)C1c1ccccc1. The largest absolute Gasteiger partial charge is 0.466 e. The van der Waals surface area contributed by atoms with Gasteiger partial charge in [0.15, 0.2) is 0 Å². The predicted octanol–water partition coefficient (Wildman–Crippen LogP) is 1.85. The van der Waals surface area contributed by atoms with Gasteiger partial charge in [-0.05, 0) is 36.6 Å². The number of rotatable bonds is 5. The second-order valence-electron chi connectivity index (χ2n) is 7.81. The lowest BCUT2D eigenvalue weighted by molar-refractivity contribution is -0.139. The lowest BCUT2D eigenvalue weighted by Crippen LogP contribution is -2.41. The van der Waals surface area contributed by atoms with Gasteiger partial charge in [0.2, 0.25) is 10.0 Å². The molecule has 2 aromatic rings. The third-order valence-electron chi connectivity index (χ3n) is 5.55. The van der Waals surface area contributed by atoms with Crippen molar-refractivity contribution >= 4 is 27.6 Å². The lowest BCUT2D eigenvalue weighted by atomic mass is 9.80. The molecule has 182 valence electrons. The Labute approximate surface area is 203 Å². The molecule has 10 nitrogen and oxygen atoms in total. The number of nitrogens with two attached hydrogens (primary N) is 2. The predicted molar refractivity (Wildman–Crippen MR) is 127 cm³/mol. The summed E-state index contributed by atoms with van der Waals surface area (Å²) in [6.45, 7) is 3.26. The van der Waals surface area contributed by atoms with Gasteiger partial charge in [0.05, 0.1) is 43.0 Å². The minimum absolute atomic E-state index is 0.0864. The quantitative estimate of drug-likeness (QED) is 0.587. The molecule has 35 heavy (non-hydrogen) atoms. The van der Waals surface area contributed by atoms with Crippen molar-refractivity contribution in [3.8, 4) is 6.07 Å². The highest BCUT2D eigenvalue weighted by atomic mass is 32.2. The molecular formula is C24H24N4O6S. The number of sulfonamides is 1. The maximum Gasteiger partial charge on any atom is 0.355 e. The number of esters is 2. The lowest BCUT2D eigenvalue weighted by Gasteiger charge is -2.37. The molecule has 1 aliphatic rings.